The Morgan fingerprint density at radius 3 is 1.95 bits per heavy atom. The van der Waals surface area contributed by atoms with Crippen molar-refractivity contribution in [2.45, 2.75) is 18.6 Å². The van der Waals surface area contributed by atoms with Crippen LogP contribution in [-0.2, 0) is 0 Å². The standard InChI is InChI=1S/C19H24N2O/c1-2-20-13-19(22)14-21(15-19)18(16-9-5-3-6-10-16)17-11-7-4-8-12-17/h3-12,18,20,22H,2,13-15H2,1H3. The van der Waals surface area contributed by atoms with E-state index in [1.165, 1.54) is 11.1 Å². The van der Waals surface area contributed by atoms with Crippen LogP contribution in [0, 0.1) is 0 Å². The van der Waals surface area contributed by atoms with Gasteiger partial charge in [-0.15, -0.1) is 0 Å². The molecule has 1 fully saturated rings. The Labute approximate surface area is 132 Å². The molecular formula is C19H24N2O. The summed E-state index contributed by atoms with van der Waals surface area (Å²) in [6.45, 7) is 5.03. The lowest BCUT2D eigenvalue weighted by molar-refractivity contribution is -0.107. The molecule has 1 aliphatic rings. The Morgan fingerprint density at radius 2 is 1.50 bits per heavy atom. The van der Waals surface area contributed by atoms with Crippen molar-refractivity contribution < 1.29 is 5.11 Å². The van der Waals surface area contributed by atoms with Crippen LogP contribution in [-0.4, -0.2) is 41.8 Å². The van der Waals surface area contributed by atoms with E-state index in [4.69, 9.17) is 0 Å². The lowest BCUT2D eigenvalue weighted by Gasteiger charge is -2.50. The molecule has 3 heteroatoms. The second-order valence-electron chi connectivity index (χ2n) is 6.13. The maximum Gasteiger partial charge on any atom is 0.102 e. The van der Waals surface area contributed by atoms with Crippen LogP contribution in [0.2, 0.25) is 0 Å². The molecule has 22 heavy (non-hydrogen) atoms. The first-order valence-corrected chi connectivity index (χ1v) is 7.99. The monoisotopic (exact) mass is 296 g/mol. The summed E-state index contributed by atoms with van der Waals surface area (Å²) in [5.41, 5.74) is 1.95. The van der Waals surface area contributed by atoms with Crippen LogP contribution in [0.15, 0.2) is 60.7 Å². The van der Waals surface area contributed by atoms with E-state index in [1.54, 1.807) is 0 Å². The Bertz CT molecular complexity index is 539. The highest BCUT2D eigenvalue weighted by Gasteiger charge is 2.44. The van der Waals surface area contributed by atoms with Gasteiger partial charge in [-0.2, -0.15) is 0 Å². The molecule has 3 nitrogen and oxygen atoms in total. The van der Waals surface area contributed by atoms with Crippen molar-refractivity contribution in [2.75, 3.05) is 26.2 Å². The highest BCUT2D eigenvalue weighted by Crippen LogP contribution is 2.35. The van der Waals surface area contributed by atoms with E-state index in [9.17, 15) is 5.11 Å². The van der Waals surface area contributed by atoms with E-state index < -0.39 is 5.60 Å². The van der Waals surface area contributed by atoms with Gasteiger partial charge in [0.2, 0.25) is 0 Å². The van der Waals surface area contributed by atoms with E-state index in [2.05, 4.69) is 65.7 Å². The molecule has 0 aliphatic carbocycles. The number of benzene rings is 2. The molecule has 0 atom stereocenters. The van der Waals surface area contributed by atoms with Crippen molar-refractivity contribution in [1.29, 1.82) is 0 Å². The summed E-state index contributed by atoms with van der Waals surface area (Å²) in [5.74, 6) is 0. The predicted molar refractivity (Wildman–Crippen MR) is 89.8 cm³/mol. The molecule has 0 saturated carbocycles. The fourth-order valence-corrected chi connectivity index (χ4v) is 3.25. The van der Waals surface area contributed by atoms with Crippen LogP contribution in [0.4, 0.5) is 0 Å². The maximum absolute atomic E-state index is 10.6. The maximum atomic E-state index is 10.6. The molecule has 0 unspecified atom stereocenters. The second-order valence-corrected chi connectivity index (χ2v) is 6.13. The van der Waals surface area contributed by atoms with E-state index in [0.29, 0.717) is 19.6 Å². The molecule has 116 valence electrons. The van der Waals surface area contributed by atoms with Gasteiger partial charge in [-0.05, 0) is 17.7 Å². The van der Waals surface area contributed by atoms with E-state index >= 15 is 0 Å². The van der Waals surface area contributed by atoms with Crippen LogP contribution in [0.5, 0.6) is 0 Å². The highest BCUT2D eigenvalue weighted by atomic mass is 16.3. The lowest BCUT2D eigenvalue weighted by atomic mass is 9.87. The summed E-state index contributed by atoms with van der Waals surface area (Å²) in [6.07, 6.45) is 0. The SMILES string of the molecule is CCNCC1(O)CN(C(c2ccccc2)c2ccccc2)C1. The van der Waals surface area contributed by atoms with Gasteiger partial charge in [-0.1, -0.05) is 67.6 Å². The van der Waals surface area contributed by atoms with Gasteiger partial charge < -0.3 is 10.4 Å². The van der Waals surface area contributed by atoms with Crippen LogP contribution in [0.3, 0.4) is 0 Å². The van der Waals surface area contributed by atoms with Gasteiger partial charge in [0.05, 0.1) is 6.04 Å². The van der Waals surface area contributed by atoms with Crippen LogP contribution >= 0.6 is 0 Å². The number of β-amino-alcohol motifs (C(OH)–C–C–N with tert-alkyl or cyclic N) is 1. The zero-order valence-corrected chi connectivity index (χ0v) is 13.1. The van der Waals surface area contributed by atoms with E-state index in [1.807, 2.05) is 12.1 Å². The largest absolute Gasteiger partial charge is 0.386 e. The Morgan fingerprint density at radius 1 is 1.00 bits per heavy atom. The number of nitrogens with one attached hydrogen (secondary N) is 1. The van der Waals surface area contributed by atoms with E-state index in [-0.39, 0.29) is 6.04 Å². The van der Waals surface area contributed by atoms with Crippen molar-refractivity contribution in [3.8, 4) is 0 Å². The lowest BCUT2D eigenvalue weighted by Crippen LogP contribution is -2.66. The molecule has 2 N–H and O–H groups in total. The number of likely N-dealkylation sites (tertiary alicyclic amines) is 1. The van der Waals surface area contributed by atoms with E-state index in [0.717, 1.165) is 6.54 Å². The average Bonchev–Trinajstić information content (AvgIpc) is 2.54. The quantitative estimate of drug-likeness (QED) is 0.859. The fraction of sp³-hybridized carbons (Fsp3) is 0.368. The summed E-state index contributed by atoms with van der Waals surface area (Å²) in [6, 6.07) is 21.3. The van der Waals surface area contributed by atoms with Gasteiger partial charge in [0.15, 0.2) is 0 Å². The molecule has 0 aromatic heterocycles. The minimum atomic E-state index is -0.599. The zero-order chi connectivity index (χ0) is 15.4. The normalized spacial score (nSPS) is 17.4. The molecule has 0 radical (unpaired) electrons. The number of likely N-dealkylation sites (N-methyl/N-ethyl adjacent to an activating group) is 1. The third kappa shape index (κ3) is 3.22. The van der Waals surface area contributed by atoms with Gasteiger partial charge in [0.1, 0.15) is 5.60 Å². The molecule has 2 aromatic rings. The first-order chi connectivity index (χ1) is 10.7. The Kier molecular flexibility index (Phi) is 4.57. The summed E-state index contributed by atoms with van der Waals surface area (Å²) in [5, 5.41) is 13.8. The fourth-order valence-electron chi connectivity index (χ4n) is 3.25. The minimum Gasteiger partial charge on any atom is -0.386 e. The highest BCUT2D eigenvalue weighted by molar-refractivity contribution is 5.33. The minimum absolute atomic E-state index is 0.212. The number of nitrogens with zero attached hydrogens (tertiary/aromatic N) is 1. The second kappa shape index (κ2) is 6.61. The molecule has 0 amide bonds. The van der Waals surface area contributed by atoms with Gasteiger partial charge in [-0.3, -0.25) is 4.90 Å². The molecule has 1 saturated heterocycles. The van der Waals surface area contributed by atoms with Gasteiger partial charge in [-0.25, -0.2) is 0 Å². The van der Waals surface area contributed by atoms with Crippen LogP contribution < -0.4 is 5.32 Å². The number of hydrogen-bond acceptors (Lipinski definition) is 3. The summed E-state index contributed by atoms with van der Waals surface area (Å²) < 4.78 is 0. The van der Waals surface area contributed by atoms with Crippen molar-refractivity contribution in [3.05, 3.63) is 71.8 Å². The number of aliphatic hydroxyl groups is 1. The van der Waals surface area contributed by atoms with Gasteiger partial charge in [0.25, 0.3) is 0 Å². The summed E-state index contributed by atoms with van der Waals surface area (Å²) in [4.78, 5) is 2.35. The van der Waals surface area contributed by atoms with Crippen molar-refractivity contribution in [3.63, 3.8) is 0 Å². The molecule has 2 aromatic carbocycles. The number of rotatable bonds is 6. The summed E-state index contributed by atoms with van der Waals surface area (Å²) in [7, 11) is 0. The van der Waals surface area contributed by atoms with Crippen LogP contribution in [0.25, 0.3) is 0 Å². The molecule has 0 bridgehead atoms. The Hall–Kier alpha value is -1.68. The van der Waals surface area contributed by atoms with Gasteiger partial charge in [0, 0.05) is 19.6 Å². The number of hydrogen-bond donors (Lipinski definition) is 2. The van der Waals surface area contributed by atoms with Crippen molar-refractivity contribution >= 4 is 0 Å². The van der Waals surface area contributed by atoms with Crippen molar-refractivity contribution in [2.24, 2.45) is 0 Å². The van der Waals surface area contributed by atoms with Gasteiger partial charge >= 0.3 is 0 Å². The zero-order valence-electron chi connectivity index (χ0n) is 13.1. The smallest absolute Gasteiger partial charge is 0.102 e. The first-order valence-electron chi connectivity index (χ1n) is 7.99. The molecular weight excluding hydrogens is 272 g/mol. The summed E-state index contributed by atoms with van der Waals surface area (Å²) >= 11 is 0. The molecule has 0 spiro atoms. The topological polar surface area (TPSA) is 35.5 Å². The molecule has 1 aliphatic heterocycles. The average molecular weight is 296 g/mol. The molecule has 3 rings (SSSR count). The third-order valence-corrected chi connectivity index (χ3v) is 4.29. The van der Waals surface area contributed by atoms with Crippen molar-refractivity contribution in [1.82, 2.24) is 10.2 Å². The first kappa shape index (κ1) is 15.2. The predicted octanol–water partition coefficient (Wildman–Crippen LogP) is 2.43. The Balaban J connectivity index is 1.80. The van der Waals surface area contributed by atoms with Crippen LogP contribution in [0.1, 0.15) is 24.1 Å². The molecule has 1 heterocycles. The third-order valence-electron chi connectivity index (χ3n) is 4.29.